The number of halogens is 2. The molecule has 28 heavy (non-hydrogen) atoms. The van der Waals surface area contributed by atoms with Gasteiger partial charge in [0.2, 0.25) is 0 Å². The van der Waals surface area contributed by atoms with Crippen LogP contribution in [0.2, 0.25) is 0 Å². The van der Waals surface area contributed by atoms with E-state index in [0.717, 1.165) is 51.1 Å². The maximum atomic E-state index is 13.5. The average molecular weight is 392 g/mol. The number of allylic oxidation sites excluding steroid dienone is 2. The Hall–Kier alpha value is -2.28. The minimum absolute atomic E-state index is 0.0902. The molecule has 0 N–H and O–H groups in total. The molecule has 0 atom stereocenters. The van der Waals surface area contributed by atoms with Gasteiger partial charge in [0.05, 0.1) is 5.70 Å². The number of aliphatic imine (C=N–C) groups is 1. The van der Waals surface area contributed by atoms with Gasteiger partial charge < -0.3 is 14.7 Å². The highest BCUT2D eigenvalue weighted by atomic mass is 19.3. The van der Waals surface area contributed by atoms with Crippen molar-refractivity contribution in [3.05, 3.63) is 47.9 Å². The number of piperazine rings is 1. The molecule has 0 radical (unpaired) electrons. The summed E-state index contributed by atoms with van der Waals surface area (Å²) >= 11 is 0. The summed E-state index contributed by atoms with van der Waals surface area (Å²) in [5.41, 5.74) is 0.834. The molecule has 0 aromatic carbocycles. The Kier molecular flexibility index (Phi) is 7.69. The van der Waals surface area contributed by atoms with Gasteiger partial charge in [0, 0.05) is 58.1 Å². The predicted octanol–water partition coefficient (Wildman–Crippen LogP) is 4.10. The molecule has 0 bridgehead atoms. The SMILES string of the molecule is C\C=C/N=C(/C(=C/CC)N(C)c1ccc(C(C)(F)F)cn1)N1CCN(C)CC1. The summed E-state index contributed by atoms with van der Waals surface area (Å²) in [6.07, 6.45) is 7.86. The second-order valence-electron chi connectivity index (χ2n) is 7.08. The summed E-state index contributed by atoms with van der Waals surface area (Å²) in [4.78, 5) is 15.5. The van der Waals surface area contributed by atoms with Crippen molar-refractivity contribution in [2.24, 2.45) is 4.99 Å². The van der Waals surface area contributed by atoms with Gasteiger partial charge in [0.1, 0.15) is 5.82 Å². The molecule has 0 unspecified atom stereocenters. The van der Waals surface area contributed by atoms with Gasteiger partial charge in [-0.1, -0.05) is 19.1 Å². The molecule has 154 valence electrons. The maximum absolute atomic E-state index is 13.5. The lowest BCUT2D eigenvalue weighted by Crippen LogP contribution is -2.49. The van der Waals surface area contributed by atoms with E-state index in [-0.39, 0.29) is 5.56 Å². The zero-order chi connectivity index (χ0) is 20.7. The fraction of sp³-hybridized carbons (Fsp3) is 0.524. The summed E-state index contributed by atoms with van der Waals surface area (Å²) in [5, 5.41) is 0. The van der Waals surface area contributed by atoms with Crippen molar-refractivity contribution in [3.8, 4) is 0 Å². The van der Waals surface area contributed by atoms with E-state index in [9.17, 15) is 8.78 Å². The number of hydrogen-bond acceptors (Lipinski definition) is 4. The van der Waals surface area contributed by atoms with Gasteiger partial charge in [0.15, 0.2) is 5.84 Å². The van der Waals surface area contributed by atoms with Crippen molar-refractivity contribution in [2.45, 2.75) is 33.1 Å². The molecular formula is C21H31F2N5. The van der Waals surface area contributed by atoms with Crippen molar-refractivity contribution in [3.63, 3.8) is 0 Å². The molecule has 0 aliphatic carbocycles. The van der Waals surface area contributed by atoms with Crippen LogP contribution < -0.4 is 4.90 Å². The number of amidine groups is 1. The fourth-order valence-electron chi connectivity index (χ4n) is 3.01. The number of alkyl halides is 2. The van der Waals surface area contributed by atoms with Gasteiger partial charge in [-0.2, -0.15) is 0 Å². The van der Waals surface area contributed by atoms with Crippen molar-refractivity contribution in [2.75, 3.05) is 45.2 Å². The number of pyridine rings is 1. The second kappa shape index (κ2) is 9.78. The lowest BCUT2D eigenvalue weighted by atomic mass is 10.1. The van der Waals surface area contributed by atoms with E-state index < -0.39 is 5.92 Å². The zero-order valence-corrected chi connectivity index (χ0v) is 17.5. The standard InChI is InChI=1S/C21H31F2N5/c1-6-8-18(20(24-11-7-2)28-14-12-26(4)13-15-28)27(5)19-10-9-17(16-25-19)21(3,22)23/h7-11,16H,6,12-15H2,1-5H3/b11-7-,18-8-,24-20-. The molecule has 2 heterocycles. The average Bonchev–Trinajstić information content (AvgIpc) is 2.67. The Morgan fingerprint density at radius 2 is 1.96 bits per heavy atom. The second-order valence-corrected chi connectivity index (χ2v) is 7.08. The van der Waals surface area contributed by atoms with E-state index in [1.165, 1.54) is 12.3 Å². The molecule has 1 saturated heterocycles. The van der Waals surface area contributed by atoms with Crippen LogP contribution in [0, 0.1) is 0 Å². The quantitative estimate of drug-likeness (QED) is 0.540. The molecular weight excluding hydrogens is 360 g/mol. The van der Waals surface area contributed by atoms with Crippen molar-refractivity contribution in [1.82, 2.24) is 14.8 Å². The molecule has 1 aliphatic heterocycles. The van der Waals surface area contributed by atoms with Crippen molar-refractivity contribution >= 4 is 11.7 Å². The topological polar surface area (TPSA) is 35.0 Å². The largest absolute Gasteiger partial charge is 0.352 e. The van der Waals surface area contributed by atoms with E-state index >= 15 is 0 Å². The number of anilines is 1. The minimum Gasteiger partial charge on any atom is -0.352 e. The van der Waals surface area contributed by atoms with Crippen molar-refractivity contribution in [1.29, 1.82) is 0 Å². The van der Waals surface area contributed by atoms with E-state index in [0.29, 0.717) is 5.82 Å². The smallest absolute Gasteiger partial charge is 0.272 e. The minimum atomic E-state index is -2.90. The highest BCUT2D eigenvalue weighted by Gasteiger charge is 2.26. The third kappa shape index (κ3) is 5.61. The zero-order valence-electron chi connectivity index (χ0n) is 17.5. The third-order valence-corrected chi connectivity index (χ3v) is 4.74. The Bertz CT molecular complexity index is 711. The molecule has 5 nitrogen and oxygen atoms in total. The van der Waals surface area contributed by atoms with Crippen LogP contribution in [0.25, 0.3) is 0 Å². The van der Waals surface area contributed by atoms with Crippen LogP contribution in [0.15, 0.2) is 47.4 Å². The lowest BCUT2D eigenvalue weighted by Gasteiger charge is -2.37. The van der Waals surface area contributed by atoms with Crippen LogP contribution in [-0.4, -0.2) is 60.9 Å². The first-order valence-electron chi connectivity index (χ1n) is 9.69. The van der Waals surface area contributed by atoms with Crippen LogP contribution in [0.4, 0.5) is 14.6 Å². The van der Waals surface area contributed by atoms with E-state index in [1.807, 2.05) is 24.9 Å². The van der Waals surface area contributed by atoms with E-state index in [1.54, 1.807) is 12.3 Å². The van der Waals surface area contributed by atoms with Gasteiger partial charge in [-0.3, -0.25) is 0 Å². The Balaban J connectivity index is 2.36. The lowest BCUT2D eigenvalue weighted by molar-refractivity contribution is 0.0171. The van der Waals surface area contributed by atoms with Gasteiger partial charge in [0.25, 0.3) is 5.92 Å². The van der Waals surface area contributed by atoms with Gasteiger partial charge >= 0.3 is 0 Å². The number of likely N-dealkylation sites (N-methyl/N-ethyl adjacent to an activating group) is 2. The maximum Gasteiger partial charge on any atom is 0.272 e. The summed E-state index contributed by atoms with van der Waals surface area (Å²) in [6, 6.07) is 3.06. The van der Waals surface area contributed by atoms with Crippen LogP contribution in [0.5, 0.6) is 0 Å². The number of aromatic nitrogens is 1. The molecule has 1 fully saturated rings. The first kappa shape index (κ1) is 22.0. The molecule has 0 amide bonds. The molecule has 0 spiro atoms. The number of nitrogens with zero attached hydrogens (tertiary/aromatic N) is 5. The summed E-state index contributed by atoms with van der Waals surface area (Å²) in [6.45, 7) is 8.59. The Morgan fingerprint density at radius 3 is 2.46 bits per heavy atom. The first-order valence-corrected chi connectivity index (χ1v) is 9.69. The molecule has 0 saturated carbocycles. The molecule has 2 rings (SSSR count). The number of rotatable bonds is 6. The highest BCUT2D eigenvalue weighted by molar-refractivity contribution is 6.01. The van der Waals surface area contributed by atoms with E-state index in [4.69, 9.17) is 4.99 Å². The van der Waals surface area contributed by atoms with Crippen LogP contribution in [-0.2, 0) is 5.92 Å². The normalized spacial score (nSPS) is 17.5. The summed E-state index contributed by atoms with van der Waals surface area (Å²) in [5.74, 6) is -1.41. The molecule has 1 aromatic heterocycles. The van der Waals surface area contributed by atoms with E-state index in [2.05, 4.69) is 34.8 Å². The van der Waals surface area contributed by atoms with Gasteiger partial charge in [-0.05, 0) is 32.5 Å². The van der Waals surface area contributed by atoms with Gasteiger partial charge in [-0.25, -0.2) is 18.8 Å². The third-order valence-electron chi connectivity index (χ3n) is 4.74. The van der Waals surface area contributed by atoms with Gasteiger partial charge in [-0.15, -0.1) is 0 Å². The fourth-order valence-corrected chi connectivity index (χ4v) is 3.01. The molecule has 7 heteroatoms. The Morgan fingerprint density at radius 1 is 1.29 bits per heavy atom. The summed E-state index contributed by atoms with van der Waals surface area (Å²) in [7, 11) is 4.01. The van der Waals surface area contributed by atoms with Crippen LogP contribution >= 0.6 is 0 Å². The molecule has 1 aliphatic rings. The summed E-state index contributed by atoms with van der Waals surface area (Å²) < 4.78 is 27.0. The Labute approximate surface area is 167 Å². The monoisotopic (exact) mass is 391 g/mol. The van der Waals surface area contributed by atoms with Crippen LogP contribution in [0.1, 0.15) is 32.8 Å². The molecule has 1 aromatic rings. The number of hydrogen-bond donors (Lipinski definition) is 0. The van der Waals surface area contributed by atoms with Crippen LogP contribution in [0.3, 0.4) is 0 Å². The van der Waals surface area contributed by atoms with Crippen molar-refractivity contribution < 1.29 is 8.78 Å². The predicted molar refractivity (Wildman–Crippen MR) is 112 cm³/mol. The highest BCUT2D eigenvalue weighted by Crippen LogP contribution is 2.28. The first-order chi connectivity index (χ1) is 13.3.